The molecule has 6 aliphatic rings. The number of hydrogen-bond acceptors (Lipinski definition) is 15. The fraction of sp³-hybridized carbons (Fsp3) is 0.538. The highest BCUT2D eigenvalue weighted by atomic mass is 16.7. The number of benzene rings is 3. The Hall–Kier alpha value is -5.21. The molecule has 17 nitrogen and oxygen atoms in total. The lowest BCUT2D eigenvalue weighted by atomic mass is 9.80. The zero-order chi connectivity index (χ0) is 51.0. The number of amides is 2. The Bertz CT molecular complexity index is 2500. The van der Waals surface area contributed by atoms with Gasteiger partial charge in [0.05, 0.1) is 30.3 Å². The van der Waals surface area contributed by atoms with E-state index in [2.05, 4.69) is 46.4 Å². The predicted octanol–water partition coefficient (Wildman–Crippen LogP) is 5.03. The molecule has 3 aromatic rings. The Morgan fingerprint density at radius 3 is 2.00 bits per heavy atom. The Kier molecular flexibility index (Phi) is 15.9. The third-order valence-corrected chi connectivity index (χ3v) is 15.2. The molecule has 20 heteroatoms. The molecule has 1 unspecified atom stereocenters. The number of hydrogen-bond donors (Lipinski definition) is 4. The fourth-order valence-corrected chi connectivity index (χ4v) is 11.6. The van der Waals surface area contributed by atoms with E-state index in [-0.39, 0.29) is 43.2 Å². The van der Waals surface area contributed by atoms with Crippen LogP contribution in [-0.2, 0) is 22.7 Å². The van der Waals surface area contributed by atoms with E-state index in [0.717, 1.165) is 98.5 Å². The summed E-state index contributed by atoms with van der Waals surface area (Å²) in [6.45, 7) is 24.4. The van der Waals surface area contributed by atoms with Crippen molar-refractivity contribution >= 4 is 50.0 Å². The van der Waals surface area contributed by atoms with Crippen molar-refractivity contribution in [1.82, 2.24) is 19.9 Å². The second-order valence-corrected chi connectivity index (χ2v) is 20.6. The molecule has 72 heavy (non-hydrogen) atoms. The first-order valence-corrected chi connectivity index (χ1v) is 25.9. The highest BCUT2D eigenvalue weighted by Crippen LogP contribution is 2.44. The molecule has 4 saturated heterocycles. The monoisotopic (exact) mass is 988 g/mol. The second kappa shape index (κ2) is 22.1. The van der Waals surface area contributed by atoms with Gasteiger partial charge in [0, 0.05) is 81.1 Å². The highest BCUT2D eigenvalue weighted by molar-refractivity contribution is 6.54. The summed E-state index contributed by atoms with van der Waals surface area (Å²) in [6.07, 6.45) is 3.65. The topological polar surface area (TPSA) is 172 Å². The van der Waals surface area contributed by atoms with E-state index in [1.807, 2.05) is 46.7 Å². The number of carbonyl (C=O) groups excluding carboxylic acids is 2. The van der Waals surface area contributed by atoms with E-state index >= 15 is 0 Å². The van der Waals surface area contributed by atoms with Crippen LogP contribution in [0.3, 0.4) is 0 Å². The molecule has 384 valence electrons. The van der Waals surface area contributed by atoms with Crippen molar-refractivity contribution in [1.29, 1.82) is 0 Å². The summed E-state index contributed by atoms with van der Waals surface area (Å²) in [5.74, 6) is 1.14. The number of nitrogens with zero attached hydrogens (tertiary/aromatic N) is 6. The molecule has 9 rings (SSSR count). The van der Waals surface area contributed by atoms with Crippen molar-refractivity contribution in [2.75, 3.05) is 80.6 Å². The lowest BCUT2D eigenvalue weighted by molar-refractivity contribution is -0.194. The smallest absolute Gasteiger partial charge is 0.411 e. The summed E-state index contributed by atoms with van der Waals surface area (Å²) >= 11 is 0. The SMILES string of the molecule is C=C1C[C@H]2[C@H](C)N(B(C)O)c3cc(OCc4cc(COc5cc6c(cc5C)C(=O)N5CC(=C)C[C@H]5[C@H](OC5CCCCO5)N6B(C)O)cc(N5CCN(CCCNB(C)O)CC5)c4)c(OC)cc3C(=O)N2C1. The Morgan fingerprint density at radius 2 is 1.38 bits per heavy atom. The zero-order valence-electron chi connectivity index (χ0n) is 43.0. The average Bonchev–Trinajstić information content (AvgIpc) is 3.92. The van der Waals surface area contributed by atoms with Gasteiger partial charge >= 0.3 is 21.2 Å². The summed E-state index contributed by atoms with van der Waals surface area (Å²) in [5, 5.41) is 35.5. The average molecular weight is 988 g/mol. The van der Waals surface area contributed by atoms with Crippen LogP contribution in [0.4, 0.5) is 17.1 Å². The molecule has 4 N–H and O–H groups in total. The molecule has 0 bridgehead atoms. The van der Waals surface area contributed by atoms with Crippen LogP contribution in [0.15, 0.2) is 66.8 Å². The number of aryl methyl sites for hydroxylation is 1. The van der Waals surface area contributed by atoms with E-state index in [1.54, 1.807) is 38.5 Å². The van der Waals surface area contributed by atoms with Gasteiger partial charge in [-0.15, -0.1) is 0 Å². The van der Waals surface area contributed by atoms with Gasteiger partial charge in [0.2, 0.25) is 0 Å². The first kappa shape index (κ1) is 51.7. The molecule has 6 heterocycles. The number of ether oxygens (including phenoxy) is 5. The molecule has 4 fully saturated rings. The van der Waals surface area contributed by atoms with Crippen molar-refractivity contribution in [3.8, 4) is 17.2 Å². The molecular formula is C52H72B3N7O10. The molecule has 0 saturated carbocycles. The van der Waals surface area contributed by atoms with Crippen molar-refractivity contribution in [3.05, 3.63) is 94.6 Å². The van der Waals surface area contributed by atoms with E-state index in [9.17, 15) is 24.7 Å². The van der Waals surface area contributed by atoms with Crippen LogP contribution in [0.5, 0.6) is 17.2 Å². The minimum atomic E-state index is -1.01. The van der Waals surface area contributed by atoms with Gasteiger partial charge in [-0.3, -0.25) is 14.5 Å². The number of nitrogens with one attached hydrogen (secondary N) is 1. The van der Waals surface area contributed by atoms with Gasteiger partial charge in [-0.2, -0.15) is 0 Å². The van der Waals surface area contributed by atoms with Gasteiger partial charge in [0.15, 0.2) is 17.8 Å². The second-order valence-electron chi connectivity index (χ2n) is 20.6. The summed E-state index contributed by atoms with van der Waals surface area (Å²) in [5.41, 5.74) is 7.53. The number of methoxy groups -OCH3 is 1. The summed E-state index contributed by atoms with van der Waals surface area (Å²) in [4.78, 5) is 40.8. The molecule has 0 aliphatic carbocycles. The van der Waals surface area contributed by atoms with E-state index in [1.165, 1.54) is 0 Å². The van der Waals surface area contributed by atoms with Crippen LogP contribution in [0, 0.1) is 6.92 Å². The largest absolute Gasteiger partial charge is 0.493 e. The van der Waals surface area contributed by atoms with Crippen molar-refractivity contribution in [2.45, 2.75) is 117 Å². The number of anilines is 3. The lowest BCUT2D eigenvalue weighted by Gasteiger charge is -2.40. The molecule has 5 atom stereocenters. The maximum Gasteiger partial charge on any atom is 0.411 e. The van der Waals surface area contributed by atoms with Crippen molar-refractivity contribution < 1.29 is 48.3 Å². The van der Waals surface area contributed by atoms with Crippen LogP contribution < -0.4 is 34.0 Å². The zero-order valence-corrected chi connectivity index (χ0v) is 43.0. The standard InChI is InChI=1S/C52H72B3N7O10/c1-33-20-42-36(4)61(54(6)66)43-28-48(47(68-8)26-41(43)51(64)59(42)29-33)71-32-38-23-37(24-39(25-38)58-17-15-57(16-18-58)14-11-13-56-53(5)65)31-70-46-27-44-40(22-35(46)3)50(63)60-30-34(2)21-45(60)52(62(44)55(7)67)72-49-12-9-10-19-69-49/h22-28,36,42,45,49,52,56,65-67H,1-2,9-21,29-32H2,3-8H3/t36-,42-,45-,49?,52-/m0/s1. The van der Waals surface area contributed by atoms with Gasteiger partial charge in [0.1, 0.15) is 25.2 Å². The molecule has 0 radical (unpaired) electrons. The number of carbonyl (C=O) groups is 2. The molecule has 0 aromatic heterocycles. The normalized spacial score (nSPS) is 23.3. The van der Waals surface area contributed by atoms with Crippen LogP contribution in [-0.4, -0.2) is 159 Å². The fourth-order valence-electron chi connectivity index (χ4n) is 11.6. The Balaban J connectivity index is 1.01. The van der Waals surface area contributed by atoms with Gasteiger partial charge in [-0.25, -0.2) is 0 Å². The van der Waals surface area contributed by atoms with Gasteiger partial charge < -0.3 is 68.3 Å². The van der Waals surface area contributed by atoms with Gasteiger partial charge in [-0.05, 0) is 133 Å². The highest BCUT2D eigenvalue weighted by Gasteiger charge is 2.48. The molecule has 3 aromatic carbocycles. The maximum absolute atomic E-state index is 14.4. The van der Waals surface area contributed by atoms with Crippen LogP contribution in [0.1, 0.15) is 82.9 Å². The van der Waals surface area contributed by atoms with Gasteiger partial charge in [0.25, 0.3) is 11.8 Å². The Labute approximate surface area is 426 Å². The quantitative estimate of drug-likeness (QED) is 0.0806. The summed E-state index contributed by atoms with van der Waals surface area (Å²) < 4.78 is 32.1. The third-order valence-electron chi connectivity index (χ3n) is 15.2. The predicted molar refractivity (Wildman–Crippen MR) is 282 cm³/mol. The molecular weight excluding hydrogens is 915 g/mol. The molecule has 0 spiro atoms. The number of fused-ring (bicyclic) bond motifs is 4. The van der Waals surface area contributed by atoms with Crippen LogP contribution >= 0.6 is 0 Å². The number of rotatable bonds is 17. The first-order valence-electron chi connectivity index (χ1n) is 25.9. The van der Waals surface area contributed by atoms with Crippen LogP contribution in [0.25, 0.3) is 0 Å². The minimum Gasteiger partial charge on any atom is -0.493 e. The first-order chi connectivity index (χ1) is 34.6. The lowest BCUT2D eigenvalue weighted by Crippen LogP contribution is -2.56. The molecule has 6 aliphatic heterocycles. The summed E-state index contributed by atoms with van der Waals surface area (Å²) in [7, 11) is -0.865. The summed E-state index contributed by atoms with van der Waals surface area (Å²) in [6, 6.07) is 12.9. The third kappa shape index (κ3) is 10.9. The van der Waals surface area contributed by atoms with E-state index in [0.29, 0.717) is 72.3 Å². The molecule has 2 amide bonds. The van der Waals surface area contributed by atoms with Crippen molar-refractivity contribution in [2.24, 2.45) is 0 Å². The maximum atomic E-state index is 14.4. The number of piperazine rings is 1. The van der Waals surface area contributed by atoms with Gasteiger partial charge in [-0.1, -0.05) is 24.3 Å². The minimum absolute atomic E-state index is 0.133. The van der Waals surface area contributed by atoms with Crippen LogP contribution in [0.2, 0.25) is 20.5 Å². The Morgan fingerprint density at radius 1 is 0.764 bits per heavy atom. The van der Waals surface area contributed by atoms with E-state index < -0.39 is 33.7 Å². The van der Waals surface area contributed by atoms with Crippen molar-refractivity contribution in [3.63, 3.8) is 0 Å². The van der Waals surface area contributed by atoms with E-state index in [4.69, 9.17) is 23.7 Å².